The summed E-state index contributed by atoms with van der Waals surface area (Å²) >= 11 is 9.34. The summed E-state index contributed by atoms with van der Waals surface area (Å²) in [6.07, 6.45) is 1.78. The monoisotopic (exact) mass is 608 g/mol. The Morgan fingerprint density at radius 3 is 2.68 bits per heavy atom. The van der Waals surface area contributed by atoms with Gasteiger partial charge < -0.3 is 14.8 Å². The van der Waals surface area contributed by atoms with Crippen LogP contribution in [0, 0.1) is 9.39 Å². The third kappa shape index (κ3) is 6.31. The van der Waals surface area contributed by atoms with E-state index in [1.807, 2.05) is 19.1 Å². The molecule has 174 valence electrons. The van der Waals surface area contributed by atoms with Crippen molar-refractivity contribution in [3.05, 3.63) is 91.1 Å². The zero-order chi connectivity index (χ0) is 24.1. The summed E-state index contributed by atoms with van der Waals surface area (Å²) in [7, 11) is 0. The van der Waals surface area contributed by atoms with Gasteiger partial charge in [-0.15, -0.1) is 0 Å². The minimum atomic E-state index is -0.311. The number of carbonyl (C=O) groups is 1. The largest absolute Gasteiger partial charge is 0.490 e. The summed E-state index contributed by atoms with van der Waals surface area (Å²) in [5.41, 5.74) is 2.20. The molecule has 0 spiro atoms. The molecule has 0 saturated carbocycles. The van der Waals surface area contributed by atoms with Crippen LogP contribution in [0.4, 0.5) is 10.1 Å². The van der Waals surface area contributed by atoms with Crippen LogP contribution in [0.1, 0.15) is 18.1 Å². The van der Waals surface area contributed by atoms with Gasteiger partial charge in [-0.3, -0.25) is 4.79 Å². The topological polar surface area (TPSA) is 59.9 Å². The van der Waals surface area contributed by atoms with Crippen molar-refractivity contribution in [3.8, 4) is 11.5 Å². The van der Waals surface area contributed by atoms with E-state index in [0.717, 1.165) is 14.7 Å². The van der Waals surface area contributed by atoms with Gasteiger partial charge in [-0.1, -0.05) is 23.7 Å². The van der Waals surface area contributed by atoms with Crippen LogP contribution in [0.2, 0.25) is 5.02 Å². The van der Waals surface area contributed by atoms with Crippen molar-refractivity contribution in [2.75, 3.05) is 6.61 Å². The number of hydrogen-bond donors (Lipinski definition) is 1. The van der Waals surface area contributed by atoms with E-state index in [1.165, 1.54) is 23.9 Å². The molecular weight excluding hydrogens is 590 g/mol. The van der Waals surface area contributed by atoms with Gasteiger partial charge in [0.15, 0.2) is 16.7 Å². The molecule has 9 heteroatoms. The standard InChI is InChI=1S/C25H19ClFIN2O3S/c1-2-32-21-12-16(11-20(28)23(21)33-14-15-4-3-5-18(27)10-15)13-22-24(31)30-25(34-22)29-19-8-6-17(26)7-9-19/h3-13H,2,14H2,1H3,(H,29,30,31)/b22-13-. The van der Waals surface area contributed by atoms with Crippen LogP contribution in [0.5, 0.6) is 11.5 Å². The number of halogens is 3. The van der Waals surface area contributed by atoms with Gasteiger partial charge in [0.05, 0.1) is 20.8 Å². The molecule has 0 radical (unpaired) electrons. The Morgan fingerprint density at radius 2 is 1.94 bits per heavy atom. The fraction of sp³-hybridized carbons (Fsp3) is 0.120. The molecule has 1 heterocycles. The van der Waals surface area contributed by atoms with Crippen molar-refractivity contribution >= 4 is 68.8 Å². The van der Waals surface area contributed by atoms with Crippen molar-refractivity contribution in [3.63, 3.8) is 0 Å². The first kappa shape index (κ1) is 24.6. The van der Waals surface area contributed by atoms with Crippen molar-refractivity contribution in [2.45, 2.75) is 13.5 Å². The van der Waals surface area contributed by atoms with Crippen LogP contribution in [-0.2, 0) is 11.4 Å². The number of rotatable bonds is 7. The predicted molar refractivity (Wildman–Crippen MR) is 143 cm³/mol. The van der Waals surface area contributed by atoms with Crippen LogP contribution < -0.4 is 14.8 Å². The molecule has 34 heavy (non-hydrogen) atoms. The van der Waals surface area contributed by atoms with E-state index >= 15 is 0 Å². The van der Waals surface area contributed by atoms with Gasteiger partial charge in [0.1, 0.15) is 12.4 Å². The molecule has 1 saturated heterocycles. The highest BCUT2D eigenvalue weighted by atomic mass is 127. The molecule has 5 nitrogen and oxygen atoms in total. The van der Waals surface area contributed by atoms with Crippen LogP contribution in [-0.4, -0.2) is 17.7 Å². The Labute approximate surface area is 219 Å². The normalized spacial score (nSPS) is 15.6. The van der Waals surface area contributed by atoms with Crippen LogP contribution >= 0.6 is 46.0 Å². The number of aliphatic imine (C=N–C) groups is 1. The zero-order valence-corrected chi connectivity index (χ0v) is 21.7. The van der Waals surface area contributed by atoms with Crippen LogP contribution in [0.15, 0.2) is 70.6 Å². The third-order valence-electron chi connectivity index (χ3n) is 4.61. The first-order valence-electron chi connectivity index (χ1n) is 10.3. The highest BCUT2D eigenvalue weighted by molar-refractivity contribution is 14.1. The van der Waals surface area contributed by atoms with E-state index in [4.69, 9.17) is 21.1 Å². The molecule has 0 bridgehead atoms. The molecule has 4 rings (SSSR count). The van der Waals surface area contributed by atoms with Crippen molar-refractivity contribution in [1.29, 1.82) is 0 Å². The minimum absolute atomic E-state index is 0.205. The molecule has 0 atom stereocenters. The lowest BCUT2D eigenvalue weighted by Crippen LogP contribution is -2.19. The van der Waals surface area contributed by atoms with Gasteiger partial charge in [-0.2, -0.15) is 0 Å². The Balaban J connectivity index is 1.55. The smallest absolute Gasteiger partial charge is 0.264 e. The second-order valence-corrected chi connectivity index (χ2v) is 9.77. The first-order valence-corrected chi connectivity index (χ1v) is 12.6. The summed E-state index contributed by atoms with van der Waals surface area (Å²) in [6, 6.07) is 17.0. The maximum atomic E-state index is 13.5. The highest BCUT2D eigenvalue weighted by Gasteiger charge is 2.24. The summed E-state index contributed by atoms with van der Waals surface area (Å²) in [4.78, 5) is 17.5. The average molecular weight is 609 g/mol. The number of benzene rings is 3. The van der Waals surface area contributed by atoms with Gasteiger partial charge in [0.2, 0.25) is 0 Å². The molecule has 1 N–H and O–H groups in total. The lowest BCUT2D eigenvalue weighted by atomic mass is 10.1. The fourth-order valence-corrected chi connectivity index (χ4v) is 4.87. The number of amidine groups is 1. The number of thioether (sulfide) groups is 1. The van der Waals surface area contributed by atoms with E-state index in [0.29, 0.717) is 38.9 Å². The summed E-state index contributed by atoms with van der Waals surface area (Å²) in [5, 5.41) is 3.90. The van der Waals surface area contributed by atoms with Crippen molar-refractivity contribution < 1.29 is 18.7 Å². The number of ether oxygens (including phenoxy) is 2. The third-order valence-corrected chi connectivity index (χ3v) is 6.57. The summed E-state index contributed by atoms with van der Waals surface area (Å²) < 4.78 is 26.1. The van der Waals surface area contributed by atoms with E-state index in [9.17, 15) is 9.18 Å². The van der Waals surface area contributed by atoms with Gasteiger partial charge in [0.25, 0.3) is 5.91 Å². The second kappa shape index (κ2) is 11.2. The molecule has 1 aliphatic heterocycles. The molecule has 1 fully saturated rings. The zero-order valence-electron chi connectivity index (χ0n) is 18.0. The molecule has 0 aromatic heterocycles. The molecule has 3 aromatic rings. The Kier molecular flexibility index (Phi) is 8.12. The van der Waals surface area contributed by atoms with E-state index in [2.05, 4.69) is 32.9 Å². The molecule has 0 unspecified atom stereocenters. The van der Waals surface area contributed by atoms with Gasteiger partial charge >= 0.3 is 0 Å². The van der Waals surface area contributed by atoms with Crippen LogP contribution in [0.25, 0.3) is 6.08 Å². The van der Waals surface area contributed by atoms with Crippen molar-refractivity contribution in [2.24, 2.45) is 4.99 Å². The SMILES string of the molecule is CCOc1cc(/C=C2\SC(=Nc3ccc(Cl)cc3)NC2=O)cc(I)c1OCc1cccc(F)c1. The summed E-state index contributed by atoms with van der Waals surface area (Å²) in [5.74, 6) is 0.588. The van der Waals surface area contributed by atoms with Gasteiger partial charge in [-0.25, -0.2) is 9.38 Å². The average Bonchev–Trinajstić information content (AvgIpc) is 3.13. The number of amides is 1. The first-order chi connectivity index (χ1) is 16.4. The number of nitrogens with zero attached hydrogens (tertiary/aromatic N) is 1. The predicted octanol–water partition coefficient (Wildman–Crippen LogP) is 6.95. The second-order valence-electron chi connectivity index (χ2n) is 7.14. The quantitative estimate of drug-likeness (QED) is 0.233. The number of carbonyl (C=O) groups excluding carboxylic acids is 1. The van der Waals surface area contributed by atoms with E-state index < -0.39 is 0 Å². The van der Waals surface area contributed by atoms with Gasteiger partial charge in [-0.05, 0) is 107 Å². The fourth-order valence-electron chi connectivity index (χ4n) is 3.12. The minimum Gasteiger partial charge on any atom is -0.490 e. The van der Waals surface area contributed by atoms with Crippen molar-refractivity contribution in [1.82, 2.24) is 5.32 Å². The lowest BCUT2D eigenvalue weighted by molar-refractivity contribution is -0.115. The maximum absolute atomic E-state index is 13.5. The Morgan fingerprint density at radius 1 is 1.15 bits per heavy atom. The highest BCUT2D eigenvalue weighted by Crippen LogP contribution is 2.37. The number of nitrogens with one attached hydrogen (secondary N) is 1. The molecule has 3 aromatic carbocycles. The molecule has 1 amide bonds. The van der Waals surface area contributed by atoms with E-state index in [1.54, 1.807) is 42.5 Å². The molecule has 1 aliphatic rings. The van der Waals surface area contributed by atoms with Gasteiger partial charge in [0, 0.05) is 5.02 Å². The lowest BCUT2D eigenvalue weighted by Gasteiger charge is -2.15. The Bertz CT molecular complexity index is 1280. The maximum Gasteiger partial charge on any atom is 0.264 e. The van der Waals surface area contributed by atoms with E-state index in [-0.39, 0.29) is 18.3 Å². The summed E-state index contributed by atoms with van der Waals surface area (Å²) in [6.45, 7) is 2.53. The molecule has 0 aliphatic carbocycles. The molecular formula is C25H19ClFIN2O3S. The number of hydrogen-bond acceptors (Lipinski definition) is 5. The Hall–Kier alpha value is -2.56. The van der Waals surface area contributed by atoms with Crippen LogP contribution in [0.3, 0.4) is 0 Å².